The van der Waals surface area contributed by atoms with Crippen molar-refractivity contribution in [3.8, 4) is 0 Å². The van der Waals surface area contributed by atoms with Crippen LogP contribution in [0.4, 0.5) is 0 Å². The maximum absolute atomic E-state index is 11.7. The first kappa shape index (κ1) is 14.5. The Bertz CT molecular complexity index is 721. The number of sulfonamides is 1. The van der Waals surface area contributed by atoms with Crippen LogP contribution in [-0.4, -0.2) is 38.8 Å². The first-order valence-corrected chi connectivity index (χ1v) is 7.90. The van der Waals surface area contributed by atoms with Crippen molar-refractivity contribution in [2.45, 2.75) is 12.5 Å². The number of H-pyrrole nitrogens is 1. The summed E-state index contributed by atoms with van der Waals surface area (Å²) in [7, 11) is -2.27. The van der Waals surface area contributed by atoms with Crippen molar-refractivity contribution in [3.63, 3.8) is 0 Å². The van der Waals surface area contributed by atoms with Crippen molar-refractivity contribution in [1.29, 1.82) is 0 Å². The lowest BCUT2D eigenvalue weighted by Gasteiger charge is -2.14. The number of hydrogen-bond donors (Lipinski definition) is 2. The number of benzene rings is 1. The van der Waals surface area contributed by atoms with Gasteiger partial charge in [-0.3, -0.25) is 4.79 Å². The van der Waals surface area contributed by atoms with Crippen molar-refractivity contribution in [3.05, 3.63) is 36.0 Å². The zero-order valence-corrected chi connectivity index (χ0v) is 12.0. The van der Waals surface area contributed by atoms with E-state index < -0.39 is 22.0 Å². The third-order valence-electron chi connectivity index (χ3n) is 2.94. The highest BCUT2D eigenvalue weighted by molar-refractivity contribution is 7.88. The maximum Gasteiger partial charge on any atom is 0.324 e. The van der Waals surface area contributed by atoms with Gasteiger partial charge in [-0.2, -0.15) is 0 Å². The molecule has 2 rings (SSSR count). The molecule has 7 heteroatoms. The molecule has 20 heavy (non-hydrogen) atoms. The molecule has 0 saturated heterocycles. The number of rotatable bonds is 5. The molecule has 0 unspecified atom stereocenters. The largest absolute Gasteiger partial charge is 0.468 e. The average molecular weight is 296 g/mol. The molecule has 2 aromatic rings. The standard InChI is InChI=1S/C13H16N2O4S/c1-19-13(16)12(15-20(2,17)18)7-9-8-14-11-6-4-3-5-10(9)11/h3-6,8,12,14-15H,7H2,1-2H3/t12-/m1/s1. The molecule has 1 heterocycles. The van der Waals surface area contributed by atoms with Gasteiger partial charge in [0.1, 0.15) is 6.04 Å². The number of carbonyl (C=O) groups excluding carboxylic acids is 1. The van der Waals surface area contributed by atoms with Gasteiger partial charge in [0.2, 0.25) is 10.0 Å². The predicted octanol–water partition coefficient (Wildman–Crippen LogP) is 0.801. The van der Waals surface area contributed by atoms with Gasteiger partial charge in [0.25, 0.3) is 0 Å². The number of carbonyl (C=O) groups is 1. The molecule has 2 N–H and O–H groups in total. The minimum Gasteiger partial charge on any atom is -0.468 e. The SMILES string of the molecule is COC(=O)[C@@H](Cc1c[nH]c2ccccc12)NS(C)(=O)=O. The van der Waals surface area contributed by atoms with Crippen molar-refractivity contribution < 1.29 is 17.9 Å². The number of hydrogen-bond acceptors (Lipinski definition) is 4. The van der Waals surface area contributed by atoms with Gasteiger partial charge in [0.05, 0.1) is 13.4 Å². The molecule has 108 valence electrons. The molecule has 1 aromatic carbocycles. The number of para-hydroxylation sites is 1. The van der Waals surface area contributed by atoms with Crippen molar-refractivity contribution in [2.24, 2.45) is 0 Å². The molecule has 0 aliphatic heterocycles. The van der Waals surface area contributed by atoms with E-state index >= 15 is 0 Å². The van der Waals surface area contributed by atoms with Gasteiger partial charge in [-0.25, -0.2) is 13.1 Å². The highest BCUT2D eigenvalue weighted by Crippen LogP contribution is 2.19. The van der Waals surface area contributed by atoms with Gasteiger partial charge in [-0.05, 0) is 11.6 Å². The van der Waals surface area contributed by atoms with Gasteiger partial charge in [-0.1, -0.05) is 18.2 Å². The molecule has 0 aliphatic carbocycles. The minimum atomic E-state index is -3.50. The van der Waals surface area contributed by atoms with Crippen LogP contribution >= 0.6 is 0 Å². The Kier molecular flexibility index (Phi) is 4.10. The van der Waals surface area contributed by atoms with E-state index in [-0.39, 0.29) is 6.42 Å². The van der Waals surface area contributed by atoms with Crippen LogP contribution in [0.25, 0.3) is 10.9 Å². The molecule has 0 radical (unpaired) electrons. The molecule has 0 fully saturated rings. The molecular formula is C13H16N2O4S. The van der Waals surface area contributed by atoms with Crippen molar-refractivity contribution >= 4 is 26.9 Å². The van der Waals surface area contributed by atoms with Gasteiger partial charge in [0.15, 0.2) is 0 Å². The fraction of sp³-hybridized carbons (Fsp3) is 0.308. The Balaban J connectivity index is 2.29. The quantitative estimate of drug-likeness (QED) is 0.799. The van der Waals surface area contributed by atoms with Gasteiger partial charge in [0, 0.05) is 23.5 Å². The molecular weight excluding hydrogens is 280 g/mol. The summed E-state index contributed by atoms with van der Waals surface area (Å²) in [5.74, 6) is -0.610. The number of ether oxygens (including phenoxy) is 1. The van der Waals surface area contributed by atoms with E-state index in [1.54, 1.807) is 6.20 Å². The number of nitrogens with one attached hydrogen (secondary N) is 2. The zero-order chi connectivity index (χ0) is 14.8. The molecule has 0 bridgehead atoms. The van der Waals surface area contributed by atoms with Crippen LogP contribution < -0.4 is 4.72 Å². The smallest absolute Gasteiger partial charge is 0.324 e. The molecule has 6 nitrogen and oxygen atoms in total. The van der Waals surface area contributed by atoms with E-state index in [9.17, 15) is 13.2 Å². The second kappa shape index (κ2) is 5.64. The highest BCUT2D eigenvalue weighted by atomic mass is 32.2. The van der Waals surface area contributed by atoms with Crippen LogP contribution in [-0.2, 0) is 26.0 Å². The number of aromatic nitrogens is 1. The Morgan fingerprint density at radius 1 is 1.40 bits per heavy atom. The Labute approximate surface area is 117 Å². The summed E-state index contributed by atoms with van der Waals surface area (Å²) in [6.45, 7) is 0. The second-order valence-electron chi connectivity index (χ2n) is 4.53. The topological polar surface area (TPSA) is 88.3 Å². The third-order valence-corrected chi connectivity index (χ3v) is 3.65. The fourth-order valence-electron chi connectivity index (χ4n) is 2.09. The van der Waals surface area contributed by atoms with Gasteiger partial charge in [-0.15, -0.1) is 0 Å². The highest BCUT2D eigenvalue weighted by Gasteiger charge is 2.24. The number of aromatic amines is 1. The number of fused-ring (bicyclic) bond motifs is 1. The molecule has 0 saturated carbocycles. The molecule has 1 atom stereocenters. The maximum atomic E-state index is 11.7. The number of esters is 1. The summed E-state index contributed by atoms with van der Waals surface area (Å²) in [6.07, 6.45) is 3.01. The Morgan fingerprint density at radius 3 is 2.75 bits per heavy atom. The Hall–Kier alpha value is -1.86. The summed E-state index contributed by atoms with van der Waals surface area (Å²) >= 11 is 0. The predicted molar refractivity (Wildman–Crippen MR) is 75.8 cm³/mol. The van der Waals surface area contributed by atoms with Gasteiger partial charge < -0.3 is 9.72 Å². The first-order valence-electron chi connectivity index (χ1n) is 6.01. The lowest BCUT2D eigenvalue weighted by Crippen LogP contribution is -2.42. The van der Waals surface area contributed by atoms with Crippen LogP contribution in [0.15, 0.2) is 30.5 Å². The molecule has 1 aromatic heterocycles. The summed E-state index contributed by atoms with van der Waals surface area (Å²) < 4.78 is 29.6. The molecule has 0 amide bonds. The number of methoxy groups -OCH3 is 1. The normalized spacial score (nSPS) is 13.3. The summed E-state index contributed by atoms with van der Waals surface area (Å²) in [4.78, 5) is 14.8. The minimum absolute atomic E-state index is 0.226. The second-order valence-corrected chi connectivity index (χ2v) is 6.31. The lowest BCUT2D eigenvalue weighted by atomic mass is 10.1. The summed E-state index contributed by atoms with van der Waals surface area (Å²) in [6, 6.07) is 6.67. The molecule has 0 aliphatic rings. The van der Waals surface area contributed by atoms with Crippen LogP contribution in [0.2, 0.25) is 0 Å². The van der Waals surface area contributed by atoms with E-state index in [2.05, 4.69) is 14.4 Å². The van der Waals surface area contributed by atoms with Crippen LogP contribution in [0.3, 0.4) is 0 Å². The van der Waals surface area contributed by atoms with E-state index in [0.29, 0.717) is 0 Å². The van der Waals surface area contributed by atoms with E-state index in [4.69, 9.17) is 0 Å². The molecule has 0 spiro atoms. The van der Waals surface area contributed by atoms with Crippen LogP contribution in [0.5, 0.6) is 0 Å². The fourth-order valence-corrected chi connectivity index (χ4v) is 2.79. The van der Waals surface area contributed by atoms with Crippen molar-refractivity contribution in [2.75, 3.05) is 13.4 Å². The Morgan fingerprint density at radius 2 is 2.10 bits per heavy atom. The van der Waals surface area contributed by atoms with E-state index in [1.165, 1.54) is 7.11 Å². The first-order chi connectivity index (χ1) is 9.40. The summed E-state index contributed by atoms with van der Waals surface area (Å²) in [5, 5.41) is 0.955. The zero-order valence-electron chi connectivity index (χ0n) is 11.2. The van der Waals surface area contributed by atoms with Crippen LogP contribution in [0, 0.1) is 0 Å². The average Bonchev–Trinajstić information content (AvgIpc) is 2.79. The summed E-state index contributed by atoms with van der Waals surface area (Å²) in [5.41, 5.74) is 1.79. The van der Waals surface area contributed by atoms with Gasteiger partial charge >= 0.3 is 5.97 Å². The lowest BCUT2D eigenvalue weighted by molar-refractivity contribution is -0.142. The van der Waals surface area contributed by atoms with E-state index in [0.717, 1.165) is 22.7 Å². The monoisotopic (exact) mass is 296 g/mol. The van der Waals surface area contributed by atoms with E-state index in [1.807, 2.05) is 24.3 Å². The third kappa shape index (κ3) is 3.37. The van der Waals surface area contributed by atoms with Crippen molar-refractivity contribution in [1.82, 2.24) is 9.71 Å². The van der Waals surface area contributed by atoms with Crippen LogP contribution in [0.1, 0.15) is 5.56 Å².